The monoisotopic (exact) mass is 746 g/mol. The highest BCUT2D eigenvalue weighted by molar-refractivity contribution is 6.06. The maximum atomic E-state index is 13.3. The van der Waals surface area contributed by atoms with Crippen molar-refractivity contribution in [2.45, 2.75) is 82.9 Å². The Morgan fingerprint density at radius 2 is 1.76 bits per heavy atom. The van der Waals surface area contributed by atoms with Crippen LogP contribution in [-0.4, -0.2) is 102 Å². The summed E-state index contributed by atoms with van der Waals surface area (Å²) in [5.74, 6) is 0.0264. The molecule has 4 amide bonds. The van der Waals surface area contributed by atoms with Gasteiger partial charge in [-0.3, -0.25) is 34.1 Å². The summed E-state index contributed by atoms with van der Waals surface area (Å²) < 4.78 is 36.0. The standard InChI is InChI=1S/C37H44F2N10O5/c1-22(2)54-29-18-32-42-28(20-48(32)19-25(29)36(52)43-30-5-3-4-26(40-30)35(38)39)23-8-15-47(16-9-23)34(51)21-46-13-10-24(11-14-46)49-17-12-31(45-49)41-27-6-7-33(50)44-37(27)53/h3-5,12,17-20,22-24,27,35H,6-11,13-16,21H2,1-2H3,(H,41,45)(H,40,43,52)(H,44,50,53). The molecular formula is C37H44F2N10O5. The summed E-state index contributed by atoms with van der Waals surface area (Å²) in [6.07, 6.45) is 6.35. The van der Waals surface area contributed by atoms with E-state index in [-0.39, 0.29) is 47.2 Å². The van der Waals surface area contributed by atoms with Crippen molar-refractivity contribution in [2.24, 2.45) is 0 Å². The number of anilines is 2. The van der Waals surface area contributed by atoms with Crippen molar-refractivity contribution < 1.29 is 32.7 Å². The highest BCUT2D eigenvalue weighted by atomic mass is 19.3. The Kier molecular flexibility index (Phi) is 10.8. The molecule has 1 atom stereocenters. The predicted molar refractivity (Wildman–Crippen MR) is 193 cm³/mol. The second-order valence-electron chi connectivity index (χ2n) is 14.3. The molecule has 3 N–H and O–H groups in total. The number of hydrogen-bond donors (Lipinski definition) is 3. The van der Waals surface area contributed by atoms with E-state index in [2.05, 4.69) is 30.9 Å². The summed E-state index contributed by atoms with van der Waals surface area (Å²) in [6.45, 7) is 6.82. The molecule has 3 fully saturated rings. The van der Waals surface area contributed by atoms with E-state index < -0.39 is 24.1 Å². The summed E-state index contributed by atoms with van der Waals surface area (Å²) in [6, 6.07) is 7.31. The number of fused-ring (bicyclic) bond motifs is 1. The number of alkyl halides is 2. The molecule has 17 heteroatoms. The highest BCUT2D eigenvalue weighted by Gasteiger charge is 2.30. The van der Waals surface area contributed by atoms with E-state index in [1.54, 1.807) is 16.7 Å². The molecule has 1 unspecified atom stereocenters. The average molecular weight is 747 g/mol. The second kappa shape index (κ2) is 15.9. The van der Waals surface area contributed by atoms with Crippen molar-refractivity contribution in [3.8, 4) is 5.75 Å². The highest BCUT2D eigenvalue weighted by Crippen LogP contribution is 2.31. The Morgan fingerprint density at radius 3 is 2.48 bits per heavy atom. The van der Waals surface area contributed by atoms with E-state index in [1.807, 2.05) is 41.9 Å². The minimum absolute atomic E-state index is 0.0106. The fourth-order valence-corrected chi connectivity index (χ4v) is 7.27. The van der Waals surface area contributed by atoms with Crippen molar-refractivity contribution in [3.63, 3.8) is 0 Å². The van der Waals surface area contributed by atoms with Crippen LogP contribution < -0.4 is 20.7 Å². The molecule has 7 heterocycles. The number of pyridine rings is 2. The lowest BCUT2D eigenvalue weighted by Gasteiger charge is -2.35. The predicted octanol–water partition coefficient (Wildman–Crippen LogP) is 4.16. The van der Waals surface area contributed by atoms with Crippen LogP contribution in [0.4, 0.5) is 20.4 Å². The van der Waals surface area contributed by atoms with Gasteiger partial charge in [0.2, 0.25) is 17.7 Å². The lowest BCUT2D eigenvalue weighted by atomic mass is 9.94. The molecule has 0 aliphatic carbocycles. The Labute approximate surface area is 310 Å². The van der Waals surface area contributed by atoms with Crippen LogP contribution in [-0.2, 0) is 14.4 Å². The van der Waals surface area contributed by atoms with Crippen LogP contribution in [0.3, 0.4) is 0 Å². The first-order valence-corrected chi connectivity index (χ1v) is 18.4. The van der Waals surface area contributed by atoms with Crippen molar-refractivity contribution in [1.29, 1.82) is 0 Å². The van der Waals surface area contributed by atoms with E-state index in [9.17, 15) is 28.0 Å². The Bertz CT molecular complexity index is 2020. The maximum absolute atomic E-state index is 13.3. The summed E-state index contributed by atoms with van der Waals surface area (Å²) in [5, 5.41) is 12.7. The summed E-state index contributed by atoms with van der Waals surface area (Å²) in [4.78, 5) is 63.0. The third-order valence-electron chi connectivity index (χ3n) is 10.1. The Balaban J connectivity index is 0.912. The molecule has 4 aromatic rings. The first kappa shape index (κ1) is 36.9. The number of rotatable bonds is 11. The Hall–Kier alpha value is -5.45. The zero-order valence-corrected chi connectivity index (χ0v) is 30.2. The average Bonchev–Trinajstić information content (AvgIpc) is 3.80. The molecule has 0 saturated carbocycles. The van der Waals surface area contributed by atoms with Crippen LogP contribution in [0.5, 0.6) is 5.75 Å². The van der Waals surface area contributed by atoms with Gasteiger partial charge in [0.15, 0.2) is 0 Å². The molecule has 0 radical (unpaired) electrons. The lowest BCUT2D eigenvalue weighted by molar-refractivity contribution is -0.134. The SMILES string of the molecule is CC(C)Oc1cc2nc(C3CCN(C(=O)CN4CCC(n5ccc(NC6CCC(=O)NC6=O)n5)CC4)CC3)cn2cc1C(=O)Nc1cccc(C(F)F)n1. The molecule has 0 aromatic carbocycles. The van der Waals surface area contributed by atoms with Crippen LogP contribution in [0.25, 0.3) is 5.65 Å². The molecule has 0 spiro atoms. The molecule has 3 saturated heterocycles. The minimum Gasteiger partial charge on any atom is -0.490 e. The van der Waals surface area contributed by atoms with Gasteiger partial charge in [-0.05, 0) is 58.1 Å². The van der Waals surface area contributed by atoms with E-state index in [1.165, 1.54) is 18.2 Å². The van der Waals surface area contributed by atoms with E-state index in [0.29, 0.717) is 49.7 Å². The smallest absolute Gasteiger partial charge is 0.280 e. The quantitative estimate of drug-likeness (QED) is 0.190. The summed E-state index contributed by atoms with van der Waals surface area (Å²) in [7, 11) is 0. The second-order valence-corrected chi connectivity index (χ2v) is 14.3. The van der Waals surface area contributed by atoms with Gasteiger partial charge in [0.05, 0.1) is 29.9 Å². The molecule has 54 heavy (non-hydrogen) atoms. The number of ether oxygens (including phenoxy) is 1. The van der Waals surface area contributed by atoms with E-state index >= 15 is 0 Å². The van der Waals surface area contributed by atoms with Gasteiger partial charge in [-0.15, -0.1) is 0 Å². The number of nitrogens with zero attached hydrogens (tertiary/aromatic N) is 7. The normalized spacial score (nSPS) is 19.1. The fraction of sp³-hybridized carbons (Fsp3) is 0.486. The number of nitrogens with one attached hydrogen (secondary N) is 3. The zero-order chi connectivity index (χ0) is 37.9. The first-order chi connectivity index (χ1) is 26.0. The molecule has 3 aliphatic heterocycles. The van der Waals surface area contributed by atoms with Crippen LogP contribution in [0.15, 0.2) is 48.9 Å². The summed E-state index contributed by atoms with van der Waals surface area (Å²) in [5.41, 5.74) is 1.25. The third-order valence-corrected chi connectivity index (χ3v) is 10.1. The molecule has 3 aliphatic rings. The first-order valence-electron chi connectivity index (χ1n) is 18.4. The van der Waals surface area contributed by atoms with Crippen LogP contribution in [0, 0.1) is 0 Å². The fourth-order valence-electron chi connectivity index (χ4n) is 7.27. The van der Waals surface area contributed by atoms with Crippen LogP contribution >= 0.6 is 0 Å². The topological polar surface area (TPSA) is 168 Å². The number of hydrogen-bond acceptors (Lipinski definition) is 10. The number of imidazole rings is 1. The van der Waals surface area contributed by atoms with Crippen molar-refractivity contribution >= 4 is 40.9 Å². The number of carbonyl (C=O) groups is 4. The van der Waals surface area contributed by atoms with Crippen molar-refractivity contribution in [1.82, 2.24) is 39.3 Å². The third kappa shape index (κ3) is 8.51. The number of amides is 4. The molecule has 286 valence electrons. The number of likely N-dealkylation sites (tertiary alicyclic amines) is 2. The van der Waals surface area contributed by atoms with Gasteiger partial charge in [-0.2, -0.15) is 5.10 Å². The molecule has 15 nitrogen and oxygen atoms in total. The lowest BCUT2D eigenvalue weighted by Crippen LogP contribution is -2.47. The molecule has 7 rings (SSSR count). The Morgan fingerprint density at radius 1 is 0.981 bits per heavy atom. The summed E-state index contributed by atoms with van der Waals surface area (Å²) >= 11 is 0. The van der Waals surface area contributed by atoms with Gasteiger partial charge < -0.3 is 24.7 Å². The van der Waals surface area contributed by atoms with Gasteiger partial charge in [-0.25, -0.2) is 18.7 Å². The largest absolute Gasteiger partial charge is 0.490 e. The van der Waals surface area contributed by atoms with E-state index in [4.69, 9.17) is 9.72 Å². The number of piperidine rings is 3. The van der Waals surface area contributed by atoms with Crippen LogP contribution in [0.1, 0.15) is 92.5 Å². The van der Waals surface area contributed by atoms with Gasteiger partial charge in [-0.1, -0.05) is 6.07 Å². The zero-order valence-electron chi connectivity index (χ0n) is 30.2. The minimum atomic E-state index is -2.76. The van der Waals surface area contributed by atoms with Gasteiger partial charge >= 0.3 is 0 Å². The molecule has 4 aromatic heterocycles. The number of carbonyl (C=O) groups excluding carboxylic acids is 4. The van der Waals surface area contributed by atoms with Gasteiger partial charge in [0, 0.05) is 69.2 Å². The van der Waals surface area contributed by atoms with Crippen molar-refractivity contribution in [3.05, 3.63) is 65.9 Å². The molecular weight excluding hydrogens is 702 g/mol. The van der Waals surface area contributed by atoms with E-state index in [0.717, 1.165) is 44.5 Å². The van der Waals surface area contributed by atoms with Gasteiger partial charge in [0.25, 0.3) is 12.3 Å². The number of halogens is 2. The maximum Gasteiger partial charge on any atom is 0.280 e. The number of aromatic nitrogens is 5. The molecule has 0 bridgehead atoms. The van der Waals surface area contributed by atoms with Crippen LogP contribution in [0.2, 0.25) is 0 Å². The van der Waals surface area contributed by atoms with Gasteiger partial charge in [0.1, 0.15) is 34.8 Å². The number of imide groups is 1. The van der Waals surface area contributed by atoms with Crippen molar-refractivity contribution in [2.75, 3.05) is 43.4 Å².